The summed E-state index contributed by atoms with van der Waals surface area (Å²) in [6, 6.07) is 4.44. The molecule has 1 aliphatic heterocycles. The number of allylic oxidation sites excluding steroid dienone is 1. The Hall–Kier alpha value is -1.91. The highest BCUT2D eigenvalue weighted by Crippen LogP contribution is 2.28. The van der Waals surface area contributed by atoms with Gasteiger partial charge in [-0.15, -0.1) is 0 Å². The summed E-state index contributed by atoms with van der Waals surface area (Å²) in [5, 5.41) is 9.27. The van der Waals surface area contributed by atoms with Crippen molar-refractivity contribution in [3.05, 3.63) is 59.0 Å². The molecule has 2 rings (SSSR count). The largest absolute Gasteiger partial charge is 0.505 e. The van der Waals surface area contributed by atoms with Gasteiger partial charge < -0.3 is 14.6 Å². The highest BCUT2D eigenvalue weighted by atomic mass is 19.1. The van der Waals surface area contributed by atoms with E-state index in [-0.39, 0.29) is 11.9 Å². The SMILES string of the molecule is C=C(COC)C1=CCOC1CC/C(=C/c1ccc(O)c(F)c1)CC. The fourth-order valence-electron chi connectivity index (χ4n) is 2.86. The van der Waals surface area contributed by atoms with Crippen molar-refractivity contribution in [3.63, 3.8) is 0 Å². The average Bonchev–Trinajstić information content (AvgIpc) is 3.03. The van der Waals surface area contributed by atoms with Gasteiger partial charge in [-0.25, -0.2) is 4.39 Å². The van der Waals surface area contributed by atoms with Gasteiger partial charge in [-0.05, 0) is 48.1 Å². The van der Waals surface area contributed by atoms with Crippen molar-refractivity contribution in [2.45, 2.75) is 32.3 Å². The van der Waals surface area contributed by atoms with Gasteiger partial charge in [-0.2, -0.15) is 0 Å². The van der Waals surface area contributed by atoms with Crippen LogP contribution in [0.4, 0.5) is 4.39 Å². The Bertz CT molecular complexity index is 646. The van der Waals surface area contributed by atoms with Gasteiger partial charge in [-0.1, -0.05) is 37.3 Å². The van der Waals surface area contributed by atoms with Crippen LogP contribution in [0.25, 0.3) is 6.08 Å². The highest BCUT2D eigenvalue weighted by Gasteiger charge is 2.22. The van der Waals surface area contributed by atoms with Crippen LogP contribution < -0.4 is 0 Å². The molecule has 0 saturated heterocycles. The van der Waals surface area contributed by atoms with Crippen molar-refractivity contribution in [1.29, 1.82) is 0 Å². The van der Waals surface area contributed by atoms with Gasteiger partial charge in [0.15, 0.2) is 11.6 Å². The summed E-state index contributed by atoms with van der Waals surface area (Å²) in [6.07, 6.45) is 6.68. The Kier molecular flexibility index (Phi) is 6.76. The molecule has 0 saturated carbocycles. The van der Waals surface area contributed by atoms with Gasteiger partial charge >= 0.3 is 0 Å². The Morgan fingerprint density at radius 3 is 2.96 bits per heavy atom. The van der Waals surface area contributed by atoms with Crippen LogP contribution in [0.15, 0.2) is 47.6 Å². The van der Waals surface area contributed by atoms with Crippen molar-refractivity contribution < 1.29 is 19.0 Å². The summed E-state index contributed by atoms with van der Waals surface area (Å²) in [7, 11) is 1.66. The van der Waals surface area contributed by atoms with Crippen molar-refractivity contribution >= 4 is 6.08 Å². The molecule has 1 aromatic carbocycles. The standard InChI is InChI=1S/C20H25FO3/c1-4-15(11-16-5-7-19(22)18(21)12-16)6-8-20-17(9-10-24-20)14(2)13-23-3/h5,7,9,11-12,20,22H,2,4,6,8,10,13H2,1,3H3/b15-11+. The predicted molar refractivity (Wildman–Crippen MR) is 94.4 cm³/mol. The third-order valence-corrected chi connectivity index (χ3v) is 4.20. The Balaban J connectivity index is 2.00. The van der Waals surface area contributed by atoms with Crippen molar-refractivity contribution in [3.8, 4) is 5.75 Å². The van der Waals surface area contributed by atoms with Crippen LogP contribution in [-0.2, 0) is 9.47 Å². The third kappa shape index (κ3) is 4.79. The molecule has 0 aromatic heterocycles. The summed E-state index contributed by atoms with van der Waals surface area (Å²) in [5.74, 6) is -0.921. The van der Waals surface area contributed by atoms with E-state index in [0.29, 0.717) is 13.2 Å². The smallest absolute Gasteiger partial charge is 0.165 e. The second-order valence-corrected chi connectivity index (χ2v) is 5.92. The summed E-state index contributed by atoms with van der Waals surface area (Å²) in [6.45, 7) is 7.26. The molecule has 3 nitrogen and oxygen atoms in total. The zero-order valence-corrected chi connectivity index (χ0v) is 14.3. The molecular formula is C20H25FO3. The molecule has 1 aliphatic rings. The lowest BCUT2D eigenvalue weighted by Crippen LogP contribution is -2.13. The van der Waals surface area contributed by atoms with Crippen LogP contribution in [-0.4, -0.2) is 31.5 Å². The molecule has 0 amide bonds. The number of hydrogen-bond donors (Lipinski definition) is 1. The summed E-state index contributed by atoms with van der Waals surface area (Å²) >= 11 is 0. The third-order valence-electron chi connectivity index (χ3n) is 4.20. The first-order valence-corrected chi connectivity index (χ1v) is 8.21. The maximum absolute atomic E-state index is 13.4. The first kappa shape index (κ1) is 18.4. The van der Waals surface area contributed by atoms with Crippen LogP contribution in [0.3, 0.4) is 0 Å². The van der Waals surface area contributed by atoms with E-state index < -0.39 is 5.82 Å². The summed E-state index contributed by atoms with van der Waals surface area (Å²) < 4.78 is 24.4. The second-order valence-electron chi connectivity index (χ2n) is 5.92. The van der Waals surface area contributed by atoms with Gasteiger partial charge in [0.2, 0.25) is 0 Å². The number of halogens is 1. The quantitative estimate of drug-likeness (QED) is 0.754. The van der Waals surface area contributed by atoms with Crippen LogP contribution >= 0.6 is 0 Å². The van der Waals surface area contributed by atoms with E-state index in [0.717, 1.165) is 36.0 Å². The minimum Gasteiger partial charge on any atom is -0.505 e. The number of hydrogen-bond acceptors (Lipinski definition) is 3. The molecule has 4 heteroatoms. The number of phenolic OH excluding ortho intramolecular Hbond substituents is 1. The fourth-order valence-corrected chi connectivity index (χ4v) is 2.86. The van der Waals surface area contributed by atoms with E-state index in [1.807, 2.05) is 6.08 Å². The second kappa shape index (κ2) is 8.81. The maximum atomic E-state index is 13.4. The monoisotopic (exact) mass is 332 g/mol. The molecule has 130 valence electrons. The molecule has 1 heterocycles. The van der Waals surface area contributed by atoms with Crippen LogP contribution in [0.1, 0.15) is 31.7 Å². The molecule has 1 atom stereocenters. The average molecular weight is 332 g/mol. The molecule has 0 spiro atoms. The van der Waals surface area contributed by atoms with Gasteiger partial charge in [0.05, 0.1) is 19.3 Å². The molecule has 0 fully saturated rings. The predicted octanol–water partition coefficient (Wildman–Crippen LogP) is 4.63. The van der Waals surface area contributed by atoms with E-state index in [1.165, 1.54) is 17.7 Å². The number of methoxy groups -OCH3 is 1. The minimum absolute atomic E-state index is 0.0409. The van der Waals surface area contributed by atoms with E-state index >= 15 is 0 Å². The molecule has 1 N–H and O–H groups in total. The number of phenols is 1. The van der Waals surface area contributed by atoms with Gasteiger partial charge in [0.25, 0.3) is 0 Å². The topological polar surface area (TPSA) is 38.7 Å². The zero-order chi connectivity index (χ0) is 17.5. The van der Waals surface area contributed by atoms with Crippen molar-refractivity contribution in [2.75, 3.05) is 20.3 Å². The van der Waals surface area contributed by atoms with Gasteiger partial charge in [0, 0.05) is 7.11 Å². The fraction of sp³-hybridized carbons (Fsp3) is 0.400. The van der Waals surface area contributed by atoms with E-state index in [2.05, 4.69) is 19.6 Å². The molecule has 24 heavy (non-hydrogen) atoms. The lowest BCUT2D eigenvalue weighted by Gasteiger charge is -2.17. The summed E-state index contributed by atoms with van der Waals surface area (Å²) in [5.41, 5.74) is 4.06. The number of rotatable bonds is 8. The van der Waals surface area contributed by atoms with Crippen molar-refractivity contribution in [2.24, 2.45) is 0 Å². The highest BCUT2D eigenvalue weighted by molar-refractivity contribution is 5.54. The summed E-state index contributed by atoms with van der Waals surface area (Å²) in [4.78, 5) is 0. The van der Waals surface area contributed by atoms with Gasteiger partial charge in [0.1, 0.15) is 0 Å². The Labute approximate surface area is 143 Å². The lowest BCUT2D eigenvalue weighted by atomic mass is 9.96. The normalized spacial score (nSPS) is 17.9. The van der Waals surface area contributed by atoms with E-state index in [4.69, 9.17) is 9.47 Å². The zero-order valence-electron chi connectivity index (χ0n) is 14.3. The molecule has 0 bridgehead atoms. The first-order valence-electron chi connectivity index (χ1n) is 8.21. The molecule has 0 aliphatic carbocycles. The van der Waals surface area contributed by atoms with Crippen LogP contribution in [0.2, 0.25) is 0 Å². The number of aromatic hydroxyl groups is 1. The molecule has 1 aromatic rings. The maximum Gasteiger partial charge on any atom is 0.165 e. The Morgan fingerprint density at radius 1 is 1.50 bits per heavy atom. The minimum atomic E-state index is -0.598. The molecule has 0 radical (unpaired) electrons. The number of benzene rings is 1. The van der Waals surface area contributed by atoms with E-state index in [9.17, 15) is 9.50 Å². The Morgan fingerprint density at radius 2 is 2.29 bits per heavy atom. The lowest BCUT2D eigenvalue weighted by molar-refractivity contribution is 0.115. The van der Waals surface area contributed by atoms with Crippen LogP contribution in [0.5, 0.6) is 5.75 Å². The van der Waals surface area contributed by atoms with E-state index in [1.54, 1.807) is 13.2 Å². The first-order chi connectivity index (χ1) is 11.5. The molecule has 1 unspecified atom stereocenters. The van der Waals surface area contributed by atoms with Crippen molar-refractivity contribution in [1.82, 2.24) is 0 Å². The number of ether oxygens (including phenoxy) is 2. The molecular weight excluding hydrogens is 307 g/mol. The van der Waals surface area contributed by atoms with Gasteiger partial charge in [-0.3, -0.25) is 0 Å². The van der Waals surface area contributed by atoms with Crippen LogP contribution in [0, 0.1) is 5.82 Å².